The smallest absolute Gasteiger partial charge is 0.134 e. The lowest BCUT2D eigenvalue weighted by molar-refractivity contribution is 0.526. The van der Waals surface area contributed by atoms with Crippen molar-refractivity contribution in [3.05, 3.63) is 0 Å². The van der Waals surface area contributed by atoms with Gasteiger partial charge in [0.05, 0.1) is 0 Å². The van der Waals surface area contributed by atoms with Crippen molar-refractivity contribution in [1.82, 2.24) is 10.6 Å². The molecule has 0 aliphatic carbocycles. The molecule has 0 heterocycles. The van der Waals surface area contributed by atoms with E-state index in [-0.39, 0.29) is 0 Å². The molecule has 0 aromatic heterocycles. The average Bonchev–Trinajstić information content (AvgIpc) is 3.03. The Morgan fingerprint density at radius 2 is 0.432 bits per heavy atom. The predicted octanol–water partition coefficient (Wildman–Crippen LogP) is 14.1. The third kappa shape index (κ3) is 36.3. The number of hydrogen-bond acceptors (Lipinski definition) is 2. The summed E-state index contributed by atoms with van der Waals surface area (Å²) in [6.45, 7) is 6.51. The quantitative estimate of drug-likeness (QED) is 0.0519. The fraction of sp³-hybridized carbons (Fsp3) is 0.950. The third-order valence-electron chi connectivity index (χ3n) is 9.34. The summed E-state index contributed by atoms with van der Waals surface area (Å²) >= 11 is 11.0. The van der Waals surface area contributed by atoms with E-state index in [4.69, 9.17) is 24.4 Å². The first-order valence-electron chi connectivity index (χ1n) is 20.3. The monoisotopic (exact) mass is 653 g/mol. The molecule has 44 heavy (non-hydrogen) atoms. The van der Waals surface area contributed by atoms with Crippen LogP contribution in [-0.2, 0) is 0 Å². The maximum atomic E-state index is 5.50. The molecule has 0 aliphatic heterocycles. The zero-order valence-electron chi connectivity index (χ0n) is 30.3. The van der Waals surface area contributed by atoms with E-state index in [0.29, 0.717) is 0 Å². The lowest BCUT2D eigenvalue weighted by atomic mass is 10.0. The van der Waals surface area contributed by atoms with E-state index in [0.717, 1.165) is 23.1 Å². The Morgan fingerprint density at radius 1 is 0.273 bits per heavy atom. The molecule has 0 atom stereocenters. The zero-order chi connectivity index (χ0) is 32.0. The van der Waals surface area contributed by atoms with E-state index in [1.807, 2.05) is 0 Å². The summed E-state index contributed by atoms with van der Waals surface area (Å²) in [5, 5.41) is 6.74. The third-order valence-corrected chi connectivity index (χ3v) is 10.2. The lowest BCUT2D eigenvalue weighted by Crippen LogP contribution is -2.38. The maximum absolute atomic E-state index is 5.50. The highest BCUT2D eigenvalue weighted by Gasteiger charge is 2.03. The summed E-state index contributed by atoms with van der Waals surface area (Å²) in [6, 6.07) is 0. The van der Waals surface area contributed by atoms with Crippen molar-refractivity contribution in [3.8, 4) is 0 Å². The van der Waals surface area contributed by atoms with E-state index < -0.39 is 0 Å². The minimum atomic E-state index is 0.739. The van der Waals surface area contributed by atoms with Gasteiger partial charge in [0, 0.05) is 13.1 Å². The second-order valence-electron chi connectivity index (χ2n) is 13.8. The van der Waals surface area contributed by atoms with Crippen molar-refractivity contribution in [2.24, 2.45) is 0 Å². The van der Waals surface area contributed by atoms with E-state index in [1.165, 1.54) is 218 Å². The van der Waals surface area contributed by atoms with Gasteiger partial charge in [-0.2, -0.15) is 0 Å². The summed E-state index contributed by atoms with van der Waals surface area (Å²) < 4.78 is 0. The molecule has 0 unspecified atom stereocenters. The van der Waals surface area contributed by atoms with Gasteiger partial charge >= 0.3 is 0 Å². The van der Waals surface area contributed by atoms with Crippen molar-refractivity contribution < 1.29 is 0 Å². The van der Waals surface area contributed by atoms with Crippen LogP contribution in [0, 0.1) is 0 Å². The Hall–Kier alpha value is -0.220. The zero-order valence-corrected chi connectivity index (χ0v) is 31.9. The largest absolute Gasteiger partial charge is 0.374 e. The first-order valence-corrected chi connectivity index (χ1v) is 21.1. The van der Waals surface area contributed by atoms with Gasteiger partial charge in [-0.25, -0.2) is 0 Å². The summed E-state index contributed by atoms with van der Waals surface area (Å²) in [5.41, 5.74) is 0. The number of unbranched alkanes of at least 4 members (excludes halogenated alkanes) is 32. The van der Waals surface area contributed by atoms with Gasteiger partial charge in [0.25, 0.3) is 0 Å². The van der Waals surface area contributed by atoms with Gasteiger partial charge in [0.2, 0.25) is 0 Å². The van der Waals surface area contributed by atoms with E-state index in [1.54, 1.807) is 0 Å². The molecule has 0 saturated heterocycles. The summed E-state index contributed by atoms with van der Waals surface area (Å²) in [5.74, 6) is 0. The van der Waals surface area contributed by atoms with E-state index >= 15 is 0 Å². The number of rotatable bonds is 36. The van der Waals surface area contributed by atoms with Gasteiger partial charge in [0.1, 0.15) is 9.98 Å². The molecular weight excluding hydrogens is 573 g/mol. The standard InChI is InChI=1S/C40H80N2S2/c1-3-5-7-9-11-13-15-17-19-21-23-25-27-29-31-33-35-37-41-39(43)40(44)42-38-36-34-32-30-28-26-24-22-20-18-16-14-12-10-8-6-4-2/h3-38H2,1-2H3,(H,41,43)(H,42,44). The molecule has 262 valence electrons. The van der Waals surface area contributed by atoms with Gasteiger partial charge in [-0.1, -0.05) is 244 Å². The molecule has 0 saturated carbocycles. The first kappa shape index (κ1) is 43.8. The summed E-state index contributed by atoms with van der Waals surface area (Å²) in [4.78, 5) is 1.48. The highest BCUT2D eigenvalue weighted by Crippen LogP contribution is 2.15. The van der Waals surface area contributed by atoms with Crippen LogP contribution in [0.4, 0.5) is 0 Å². The lowest BCUT2D eigenvalue weighted by Gasteiger charge is -2.11. The number of thiocarbonyl (C=S) groups is 2. The Kier molecular flexibility index (Phi) is 38.8. The van der Waals surface area contributed by atoms with Gasteiger partial charge < -0.3 is 10.6 Å². The summed E-state index contributed by atoms with van der Waals surface area (Å²) in [7, 11) is 0. The van der Waals surface area contributed by atoms with Crippen molar-refractivity contribution in [1.29, 1.82) is 0 Å². The van der Waals surface area contributed by atoms with Crippen LogP contribution >= 0.6 is 24.4 Å². The minimum absolute atomic E-state index is 0.739. The average molecular weight is 653 g/mol. The number of nitrogens with one attached hydrogen (secondary N) is 2. The van der Waals surface area contributed by atoms with Gasteiger partial charge in [-0.15, -0.1) is 0 Å². The van der Waals surface area contributed by atoms with Crippen LogP contribution in [0.25, 0.3) is 0 Å². The van der Waals surface area contributed by atoms with Crippen LogP contribution < -0.4 is 10.6 Å². The molecule has 0 amide bonds. The van der Waals surface area contributed by atoms with Crippen molar-refractivity contribution in [2.45, 2.75) is 232 Å². The fourth-order valence-electron chi connectivity index (χ4n) is 6.26. The predicted molar refractivity (Wildman–Crippen MR) is 210 cm³/mol. The molecule has 0 aromatic rings. The molecule has 4 heteroatoms. The van der Waals surface area contributed by atoms with Crippen molar-refractivity contribution >= 4 is 34.4 Å². The Morgan fingerprint density at radius 3 is 0.614 bits per heavy atom. The van der Waals surface area contributed by atoms with E-state index in [9.17, 15) is 0 Å². The van der Waals surface area contributed by atoms with Crippen LogP contribution in [0.3, 0.4) is 0 Å². The maximum Gasteiger partial charge on any atom is 0.134 e. The van der Waals surface area contributed by atoms with Gasteiger partial charge in [0.15, 0.2) is 0 Å². The van der Waals surface area contributed by atoms with Crippen LogP contribution in [0.1, 0.15) is 232 Å². The molecule has 0 aromatic carbocycles. The van der Waals surface area contributed by atoms with Crippen LogP contribution in [-0.4, -0.2) is 23.1 Å². The molecule has 2 N–H and O–H groups in total. The van der Waals surface area contributed by atoms with Crippen LogP contribution in [0.2, 0.25) is 0 Å². The SMILES string of the molecule is CCCCCCCCCCCCCCCCCCCNC(=S)C(=S)NCCCCCCCCCCCCCCCCCCC. The topological polar surface area (TPSA) is 24.1 Å². The van der Waals surface area contributed by atoms with E-state index in [2.05, 4.69) is 24.5 Å². The Balaban J connectivity index is 3.26. The molecule has 2 nitrogen and oxygen atoms in total. The molecular formula is C40H80N2S2. The highest BCUT2D eigenvalue weighted by molar-refractivity contribution is 7.89. The fourth-order valence-corrected chi connectivity index (χ4v) is 6.61. The normalized spacial score (nSPS) is 11.2. The number of hydrogen-bond donors (Lipinski definition) is 2. The Bertz CT molecular complexity index is 530. The molecule has 0 spiro atoms. The van der Waals surface area contributed by atoms with Crippen LogP contribution in [0.15, 0.2) is 0 Å². The Labute approximate surface area is 289 Å². The molecule has 0 rings (SSSR count). The van der Waals surface area contributed by atoms with Crippen molar-refractivity contribution in [2.75, 3.05) is 13.1 Å². The second kappa shape index (κ2) is 39.0. The molecule has 0 fully saturated rings. The molecule has 0 radical (unpaired) electrons. The second-order valence-corrected chi connectivity index (χ2v) is 14.6. The highest BCUT2D eigenvalue weighted by atomic mass is 32.1. The molecule has 0 aliphatic rings. The van der Waals surface area contributed by atoms with Gasteiger partial charge in [-0.05, 0) is 12.8 Å². The van der Waals surface area contributed by atoms with Crippen molar-refractivity contribution in [3.63, 3.8) is 0 Å². The minimum Gasteiger partial charge on any atom is -0.374 e. The van der Waals surface area contributed by atoms with Crippen LogP contribution in [0.5, 0.6) is 0 Å². The summed E-state index contributed by atoms with van der Waals surface area (Å²) in [6.07, 6.45) is 47.9. The van der Waals surface area contributed by atoms with Gasteiger partial charge in [-0.3, -0.25) is 0 Å². The first-order chi connectivity index (χ1) is 21.7. The molecule has 0 bridgehead atoms.